The number of esters is 1. The summed E-state index contributed by atoms with van der Waals surface area (Å²) in [5, 5.41) is 0. The minimum absolute atomic E-state index is 0.0308. The van der Waals surface area contributed by atoms with Crippen molar-refractivity contribution >= 4 is 11.8 Å². The van der Waals surface area contributed by atoms with Gasteiger partial charge in [0.1, 0.15) is 5.76 Å². The Bertz CT molecular complexity index is 838. The average Bonchev–Trinajstić information content (AvgIpc) is 2.73. The van der Waals surface area contributed by atoms with Crippen LogP contribution in [0.4, 0.5) is 26.3 Å². The van der Waals surface area contributed by atoms with Gasteiger partial charge in [-0.25, -0.2) is 0 Å². The number of halogens is 6. The molecular formula is C25H30F6O3. The zero-order valence-electron chi connectivity index (χ0n) is 19.2. The van der Waals surface area contributed by atoms with Gasteiger partial charge in [-0.05, 0) is 36.1 Å². The molecule has 34 heavy (non-hydrogen) atoms. The summed E-state index contributed by atoms with van der Waals surface area (Å²) in [5.41, 5.74) is -3.14. The Balaban J connectivity index is 1.98. The van der Waals surface area contributed by atoms with E-state index in [2.05, 4.69) is 6.92 Å². The number of carbonyl (C=O) groups excluding carboxylic acids is 2. The number of hydrogen-bond acceptors (Lipinski definition) is 3. The molecule has 190 valence electrons. The van der Waals surface area contributed by atoms with Crippen molar-refractivity contribution in [3.05, 3.63) is 46.7 Å². The van der Waals surface area contributed by atoms with Crippen molar-refractivity contribution in [2.75, 3.05) is 0 Å². The van der Waals surface area contributed by atoms with Crippen LogP contribution in [0.15, 0.2) is 30.0 Å². The lowest BCUT2D eigenvalue weighted by molar-refractivity contribution is -0.143. The zero-order valence-corrected chi connectivity index (χ0v) is 19.2. The van der Waals surface area contributed by atoms with Crippen LogP contribution in [-0.2, 0) is 26.7 Å². The van der Waals surface area contributed by atoms with Crippen molar-refractivity contribution in [3.8, 4) is 0 Å². The zero-order chi connectivity index (χ0) is 25.4. The molecule has 1 atom stereocenters. The highest BCUT2D eigenvalue weighted by molar-refractivity contribution is 5.92. The summed E-state index contributed by atoms with van der Waals surface area (Å²) < 4.78 is 84.2. The van der Waals surface area contributed by atoms with Crippen LogP contribution in [0.2, 0.25) is 0 Å². The second kappa shape index (κ2) is 12.4. The third-order valence-electron chi connectivity index (χ3n) is 5.78. The maximum atomic E-state index is 13.2. The number of carbonyl (C=O) groups is 2. The molecule has 0 N–H and O–H groups in total. The summed E-state index contributed by atoms with van der Waals surface area (Å²) >= 11 is 0. The van der Waals surface area contributed by atoms with Crippen molar-refractivity contribution in [2.45, 2.75) is 95.8 Å². The molecule has 0 spiro atoms. The molecule has 0 aliphatic heterocycles. The Morgan fingerprint density at radius 3 is 1.91 bits per heavy atom. The first-order valence-electron chi connectivity index (χ1n) is 11.6. The summed E-state index contributed by atoms with van der Waals surface area (Å²) in [5.74, 6) is -2.06. The maximum absolute atomic E-state index is 13.2. The predicted octanol–water partition coefficient (Wildman–Crippen LogP) is 8.13. The topological polar surface area (TPSA) is 43.4 Å². The Morgan fingerprint density at radius 1 is 0.853 bits per heavy atom. The molecule has 1 unspecified atom stereocenters. The largest absolute Gasteiger partial charge is 0.431 e. The number of ether oxygens (including phenoxy) is 1. The van der Waals surface area contributed by atoms with Crippen molar-refractivity contribution in [3.63, 3.8) is 0 Å². The molecule has 0 aromatic heterocycles. The molecule has 0 amide bonds. The van der Waals surface area contributed by atoms with Gasteiger partial charge in [-0.15, -0.1) is 0 Å². The van der Waals surface area contributed by atoms with Gasteiger partial charge in [0.2, 0.25) is 0 Å². The second-order valence-electron chi connectivity index (χ2n) is 8.72. The van der Waals surface area contributed by atoms with Gasteiger partial charge in [0.25, 0.3) is 0 Å². The fourth-order valence-electron chi connectivity index (χ4n) is 3.98. The molecule has 2 rings (SSSR count). The first-order valence-corrected chi connectivity index (χ1v) is 11.6. The van der Waals surface area contributed by atoms with Crippen LogP contribution in [0.3, 0.4) is 0 Å². The van der Waals surface area contributed by atoms with Gasteiger partial charge < -0.3 is 4.74 Å². The van der Waals surface area contributed by atoms with E-state index >= 15 is 0 Å². The minimum atomic E-state index is -4.98. The van der Waals surface area contributed by atoms with Gasteiger partial charge in [0.15, 0.2) is 5.78 Å². The first-order chi connectivity index (χ1) is 15.9. The number of benzene rings is 1. The number of rotatable bonds is 11. The summed E-state index contributed by atoms with van der Waals surface area (Å²) in [6.07, 6.45) is -0.846. The molecule has 0 heterocycles. The number of allylic oxidation sites excluding steroid dienone is 2. The van der Waals surface area contributed by atoms with Crippen LogP contribution in [0, 0.1) is 0 Å². The van der Waals surface area contributed by atoms with Gasteiger partial charge in [-0.3, -0.25) is 9.59 Å². The van der Waals surface area contributed by atoms with Gasteiger partial charge in [0.05, 0.1) is 11.1 Å². The van der Waals surface area contributed by atoms with Gasteiger partial charge in [0, 0.05) is 25.3 Å². The standard InChI is InChI=1S/C25H30F6O3/c1-2-3-4-5-6-7-8-9-10-23(33)34-22-14-18(13-21(32)16-22)17-11-19(24(26,27)28)15-20(12-17)25(29,30)31/h11-12,15-16,18H,2-10,13-14H2,1H3. The minimum Gasteiger partial charge on any atom is -0.431 e. The number of unbranched alkanes of at least 4 members (excludes halogenated alkanes) is 7. The molecule has 1 aliphatic carbocycles. The summed E-state index contributed by atoms with van der Waals surface area (Å²) in [4.78, 5) is 24.2. The van der Waals surface area contributed by atoms with Crippen molar-refractivity contribution in [1.29, 1.82) is 0 Å². The van der Waals surface area contributed by atoms with E-state index in [1.165, 1.54) is 19.3 Å². The lowest BCUT2D eigenvalue weighted by Gasteiger charge is -2.24. The van der Waals surface area contributed by atoms with Gasteiger partial charge >= 0.3 is 18.3 Å². The van der Waals surface area contributed by atoms with E-state index in [1.54, 1.807) is 0 Å². The summed E-state index contributed by atoms with van der Waals surface area (Å²) in [6.45, 7) is 2.14. The molecule has 0 radical (unpaired) electrons. The van der Waals surface area contributed by atoms with E-state index in [4.69, 9.17) is 4.74 Å². The summed E-state index contributed by atoms with van der Waals surface area (Å²) in [7, 11) is 0. The lowest BCUT2D eigenvalue weighted by Crippen LogP contribution is -2.18. The maximum Gasteiger partial charge on any atom is 0.416 e. The van der Waals surface area contributed by atoms with E-state index in [0.29, 0.717) is 18.6 Å². The molecule has 0 saturated carbocycles. The molecule has 0 bridgehead atoms. The Kier molecular flexibility index (Phi) is 10.2. The smallest absolute Gasteiger partial charge is 0.416 e. The Hall–Kier alpha value is -2.32. The van der Waals surface area contributed by atoms with Gasteiger partial charge in [-0.2, -0.15) is 26.3 Å². The molecule has 9 heteroatoms. The molecule has 1 aromatic carbocycles. The van der Waals surface area contributed by atoms with Crippen molar-refractivity contribution < 1.29 is 40.7 Å². The third kappa shape index (κ3) is 9.14. The molecular weight excluding hydrogens is 462 g/mol. The van der Waals surface area contributed by atoms with E-state index in [1.807, 2.05) is 0 Å². The van der Waals surface area contributed by atoms with Crippen molar-refractivity contribution in [1.82, 2.24) is 0 Å². The van der Waals surface area contributed by atoms with E-state index < -0.39 is 41.1 Å². The predicted molar refractivity (Wildman–Crippen MR) is 115 cm³/mol. The fourth-order valence-corrected chi connectivity index (χ4v) is 3.98. The monoisotopic (exact) mass is 492 g/mol. The van der Waals surface area contributed by atoms with E-state index in [-0.39, 0.29) is 36.7 Å². The molecule has 0 fully saturated rings. The van der Waals surface area contributed by atoms with Crippen LogP contribution >= 0.6 is 0 Å². The molecule has 1 aliphatic rings. The van der Waals surface area contributed by atoms with Gasteiger partial charge in [-0.1, -0.05) is 51.9 Å². The van der Waals surface area contributed by atoms with Crippen LogP contribution in [0.1, 0.15) is 100 Å². The molecule has 0 saturated heterocycles. The molecule has 1 aromatic rings. The normalized spacial score (nSPS) is 17.0. The van der Waals surface area contributed by atoms with Crippen LogP contribution in [-0.4, -0.2) is 11.8 Å². The third-order valence-corrected chi connectivity index (χ3v) is 5.78. The average molecular weight is 493 g/mol. The highest BCUT2D eigenvalue weighted by atomic mass is 19.4. The van der Waals surface area contributed by atoms with Crippen LogP contribution < -0.4 is 0 Å². The van der Waals surface area contributed by atoms with E-state index in [9.17, 15) is 35.9 Å². The Labute approximate surface area is 195 Å². The Morgan fingerprint density at radius 2 is 1.38 bits per heavy atom. The fraction of sp³-hybridized carbons (Fsp3) is 0.600. The highest BCUT2D eigenvalue weighted by Gasteiger charge is 2.38. The number of ketones is 1. The van der Waals surface area contributed by atoms with Crippen LogP contribution in [0.5, 0.6) is 0 Å². The second-order valence-corrected chi connectivity index (χ2v) is 8.72. The first kappa shape index (κ1) is 27.9. The summed E-state index contributed by atoms with van der Waals surface area (Å²) in [6, 6.07) is 1.30. The number of hydrogen-bond donors (Lipinski definition) is 0. The van der Waals surface area contributed by atoms with E-state index in [0.717, 1.165) is 31.8 Å². The quantitative estimate of drug-likeness (QED) is 0.178. The highest BCUT2D eigenvalue weighted by Crippen LogP contribution is 2.40. The van der Waals surface area contributed by atoms with Crippen molar-refractivity contribution in [2.24, 2.45) is 0 Å². The lowest BCUT2D eigenvalue weighted by atomic mass is 9.84. The van der Waals surface area contributed by atoms with Crippen LogP contribution in [0.25, 0.3) is 0 Å². The number of alkyl halides is 6. The SMILES string of the molecule is CCCCCCCCCCC(=O)OC1=CC(=O)CC(c2cc(C(F)(F)F)cc(C(F)(F)F)c2)C1. The molecule has 3 nitrogen and oxygen atoms in total.